The van der Waals surface area contributed by atoms with Crippen LogP contribution in [0.5, 0.6) is 0 Å². The third-order valence-electron chi connectivity index (χ3n) is 2.69. The molecule has 0 aliphatic heterocycles. The first-order valence-electron chi connectivity index (χ1n) is 5.77. The second-order valence-corrected chi connectivity index (χ2v) is 3.97. The van der Waals surface area contributed by atoms with Gasteiger partial charge in [0.05, 0.1) is 5.52 Å². The number of hydrogen-bond acceptors (Lipinski definition) is 3. The van der Waals surface area contributed by atoms with E-state index in [4.69, 9.17) is 0 Å². The van der Waals surface area contributed by atoms with E-state index in [-0.39, 0.29) is 0 Å². The van der Waals surface area contributed by atoms with Gasteiger partial charge in [-0.1, -0.05) is 25.5 Å². The van der Waals surface area contributed by atoms with Gasteiger partial charge in [0.1, 0.15) is 12.1 Å². The Morgan fingerprint density at radius 2 is 2.12 bits per heavy atom. The molecule has 0 spiro atoms. The number of para-hydroxylation sites is 1. The number of aromatic nitrogens is 2. The first-order chi connectivity index (χ1) is 7.83. The lowest BCUT2D eigenvalue weighted by Gasteiger charge is -2.08. The van der Waals surface area contributed by atoms with E-state index in [0.29, 0.717) is 0 Å². The molecule has 0 amide bonds. The van der Waals surface area contributed by atoms with Gasteiger partial charge in [-0.2, -0.15) is 0 Å². The predicted molar refractivity (Wildman–Crippen MR) is 67.7 cm³/mol. The molecule has 3 heteroatoms. The highest BCUT2D eigenvalue weighted by Gasteiger charge is 2.03. The fourth-order valence-electron chi connectivity index (χ4n) is 1.76. The molecule has 84 valence electrons. The molecule has 2 aromatic rings. The second kappa shape index (κ2) is 4.92. The van der Waals surface area contributed by atoms with Gasteiger partial charge in [0.25, 0.3) is 0 Å². The van der Waals surface area contributed by atoms with Gasteiger partial charge in [-0.15, -0.1) is 0 Å². The van der Waals surface area contributed by atoms with E-state index in [1.54, 1.807) is 6.33 Å². The summed E-state index contributed by atoms with van der Waals surface area (Å²) in [5.74, 6) is 0.946. The smallest absolute Gasteiger partial charge is 0.137 e. The Morgan fingerprint density at radius 1 is 1.25 bits per heavy atom. The summed E-state index contributed by atoms with van der Waals surface area (Å²) < 4.78 is 0. The monoisotopic (exact) mass is 215 g/mol. The number of fused-ring (bicyclic) bond motifs is 1. The highest BCUT2D eigenvalue weighted by atomic mass is 15.0. The quantitative estimate of drug-likeness (QED) is 0.796. The number of hydrogen-bond donors (Lipinski definition) is 1. The maximum atomic E-state index is 4.32. The van der Waals surface area contributed by atoms with E-state index in [9.17, 15) is 0 Å². The minimum absolute atomic E-state index is 0.946. The van der Waals surface area contributed by atoms with Crippen LogP contribution in [0, 0.1) is 6.92 Å². The summed E-state index contributed by atoms with van der Waals surface area (Å²) in [4.78, 5) is 8.62. The van der Waals surface area contributed by atoms with Gasteiger partial charge >= 0.3 is 0 Å². The van der Waals surface area contributed by atoms with Crippen molar-refractivity contribution in [3.63, 3.8) is 0 Å². The maximum absolute atomic E-state index is 4.32. The van der Waals surface area contributed by atoms with E-state index in [1.807, 2.05) is 6.07 Å². The van der Waals surface area contributed by atoms with Crippen LogP contribution in [-0.2, 0) is 0 Å². The van der Waals surface area contributed by atoms with E-state index in [1.165, 1.54) is 12.0 Å². The molecular weight excluding hydrogens is 198 g/mol. The standard InChI is InChI=1S/C13H17N3/c1-3-4-8-14-13-11-7-5-6-10(2)12(11)15-9-16-13/h5-7,9H,3-4,8H2,1-2H3,(H,14,15,16). The Labute approximate surface area is 95.9 Å². The van der Waals surface area contributed by atoms with Crippen molar-refractivity contribution >= 4 is 16.7 Å². The number of nitrogens with zero attached hydrogens (tertiary/aromatic N) is 2. The normalized spacial score (nSPS) is 10.6. The molecule has 1 aromatic heterocycles. The van der Waals surface area contributed by atoms with Crippen LogP contribution < -0.4 is 5.32 Å². The van der Waals surface area contributed by atoms with Gasteiger partial charge < -0.3 is 5.32 Å². The molecule has 0 radical (unpaired) electrons. The van der Waals surface area contributed by atoms with E-state index in [0.717, 1.165) is 29.7 Å². The molecule has 0 saturated heterocycles. The molecule has 0 atom stereocenters. The van der Waals surface area contributed by atoms with Gasteiger partial charge in [-0.3, -0.25) is 0 Å². The van der Waals surface area contributed by atoms with Crippen molar-refractivity contribution in [1.29, 1.82) is 0 Å². The van der Waals surface area contributed by atoms with Gasteiger partial charge in [-0.25, -0.2) is 9.97 Å². The van der Waals surface area contributed by atoms with E-state index < -0.39 is 0 Å². The second-order valence-electron chi connectivity index (χ2n) is 3.97. The molecule has 0 aliphatic rings. The number of benzene rings is 1. The number of anilines is 1. The van der Waals surface area contributed by atoms with Gasteiger partial charge in [-0.05, 0) is 25.0 Å². The Morgan fingerprint density at radius 3 is 2.94 bits per heavy atom. The largest absolute Gasteiger partial charge is 0.369 e. The molecule has 2 rings (SSSR count). The summed E-state index contributed by atoms with van der Waals surface area (Å²) in [6.45, 7) is 5.23. The molecule has 3 nitrogen and oxygen atoms in total. The van der Waals surface area contributed by atoms with Crippen molar-refractivity contribution in [1.82, 2.24) is 9.97 Å². The van der Waals surface area contributed by atoms with Crippen LogP contribution in [0.4, 0.5) is 5.82 Å². The van der Waals surface area contributed by atoms with Crippen LogP contribution in [-0.4, -0.2) is 16.5 Å². The van der Waals surface area contributed by atoms with E-state index in [2.05, 4.69) is 41.3 Å². The number of aryl methyl sites for hydroxylation is 1. The van der Waals surface area contributed by atoms with Crippen LogP contribution in [0.15, 0.2) is 24.5 Å². The van der Waals surface area contributed by atoms with Gasteiger partial charge in [0.2, 0.25) is 0 Å². The molecule has 1 N–H and O–H groups in total. The van der Waals surface area contributed by atoms with Crippen LogP contribution in [0.3, 0.4) is 0 Å². The summed E-state index contributed by atoms with van der Waals surface area (Å²) in [5.41, 5.74) is 2.23. The fraction of sp³-hybridized carbons (Fsp3) is 0.385. The Balaban J connectivity index is 2.34. The first-order valence-corrected chi connectivity index (χ1v) is 5.77. The number of nitrogens with one attached hydrogen (secondary N) is 1. The molecule has 0 saturated carbocycles. The highest BCUT2D eigenvalue weighted by Crippen LogP contribution is 2.21. The topological polar surface area (TPSA) is 37.8 Å². The summed E-state index contributed by atoms with van der Waals surface area (Å²) in [7, 11) is 0. The predicted octanol–water partition coefficient (Wildman–Crippen LogP) is 3.15. The average Bonchev–Trinajstić information content (AvgIpc) is 2.31. The first kappa shape index (κ1) is 10.9. The fourth-order valence-corrected chi connectivity index (χ4v) is 1.76. The minimum atomic E-state index is 0.946. The van der Waals surface area contributed by atoms with Crippen LogP contribution in [0.25, 0.3) is 10.9 Å². The van der Waals surface area contributed by atoms with Crippen molar-refractivity contribution in [3.8, 4) is 0 Å². The van der Waals surface area contributed by atoms with Gasteiger partial charge in [0, 0.05) is 11.9 Å². The molecule has 0 aliphatic carbocycles. The summed E-state index contributed by atoms with van der Waals surface area (Å²) in [6.07, 6.45) is 3.98. The molecule has 1 heterocycles. The van der Waals surface area contributed by atoms with Gasteiger partial charge in [0.15, 0.2) is 0 Å². The van der Waals surface area contributed by atoms with Crippen molar-refractivity contribution in [2.75, 3.05) is 11.9 Å². The lowest BCUT2D eigenvalue weighted by atomic mass is 10.1. The number of rotatable bonds is 4. The molecule has 0 unspecified atom stereocenters. The number of unbranched alkanes of at least 4 members (excludes halogenated alkanes) is 1. The third-order valence-corrected chi connectivity index (χ3v) is 2.69. The van der Waals surface area contributed by atoms with Crippen molar-refractivity contribution in [3.05, 3.63) is 30.1 Å². The van der Waals surface area contributed by atoms with Crippen molar-refractivity contribution < 1.29 is 0 Å². The Bertz CT molecular complexity index is 480. The molecular formula is C13H17N3. The Hall–Kier alpha value is -1.64. The summed E-state index contributed by atoms with van der Waals surface area (Å²) in [6, 6.07) is 6.19. The molecule has 0 bridgehead atoms. The van der Waals surface area contributed by atoms with Crippen LogP contribution in [0.2, 0.25) is 0 Å². The molecule has 0 fully saturated rings. The Kier molecular flexibility index (Phi) is 3.34. The van der Waals surface area contributed by atoms with Crippen LogP contribution >= 0.6 is 0 Å². The summed E-state index contributed by atoms with van der Waals surface area (Å²) >= 11 is 0. The lowest BCUT2D eigenvalue weighted by Crippen LogP contribution is -2.04. The SMILES string of the molecule is CCCCNc1ncnc2c(C)cccc12. The zero-order chi connectivity index (χ0) is 11.4. The lowest BCUT2D eigenvalue weighted by molar-refractivity contribution is 0.831. The molecule has 1 aromatic carbocycles. The van der Waals surface area contributed by atoms with Crippen molar-refractivity contribution in [2.24, 2.45) is 0 Å². The van der Waals surface area contributed by atoms with Crippen LogP contribution in [0.1, 0.15) is 25.3 Å². The zero-order valence-electron chi connectivity index (χ0n) is 9.83. The zero-order valence-corrected chi connectivity index (χ0v) is 9.83. The third kappa shape index (κ3) is 2.13. The molecule has 16 heavy (non-hydrogen) atoms. The summed E-state index contributed by atoms with van der Waals surface area (Å²) in [5, 5.41) is 4.47. The van der Waals surface area contributed by atoms with Crippen molar-refractivity contribution in [2.45, 2.75) is 26.7 Å². The van der Waals surface area contributed by atoms with E-state index >= 15 is 0 Å². The highest BCUT2D eigenvalue weighted by molar-refractivity contribution is 5.90. The minimum Gasteiger partial charge on any atom is -0.369 e. The maximum Gasteiger partial charge on any atom is 0.137 e. The average molecular weight is 215 g/mol.